The second-order valence-electron chi connectivity index (χ2n) is 9.31. The summed E-state index contributed by atoms with van der Waals surface area (Å²) in [5.74, 6) is 1.63. The molecule has 154 valence electrons. The van der Waals surface area contributed by atoms with E-state index >= 15 is 0 Å². The maximum atomic E-state index is 12.9. The summed E-state index contributed by atoms with van der Waals surface area (Å²) in [6.45, 7) is 8.63. The van der Waals surface area contributed by atoms with E-state index in [-0.39, 0.29) is 11.5 Å². The first-order valence-corrected chi connectivity index (χ1v) is 10.6. The summed E-state index contributed by atoms with van der Waals surface area (Å²) in [5.41, 5.74) is 3.86. The zero-order valence-electron chi connectivity index (χ0n) is 17.9. The van der Waals surface area contributed by atoms with Gasteiger partial charge in [0.05, 0.1) is 0 Å². The van der Waals surface area contributed by atoms with Crippen molar-refractivity contribution in [2.45, 2.75) is 32.7 Å². The zero-order chi connectivity index (χ0) is 20.7. The van der Waals surface area contributed by atoms with Crippen LogP contribution in [0.2, 0.25) is 0 Å². The van der Waals surface area contributed by atoms with Crippen LogP contribution in [-0.4, -0.2) is 54.0 Å². The lowest BCUT2D eigenvalue weighted by Crippen LogP contribution is -2.48. The number of hydrogen-bond acceptors (Lipinski definition) is 3. The van der Waals surface area contributed by atoms with Crippen molar-refractivity contribution in [3.8, 4) is 11.1 Å². The second-order valence-corrected chi connectivity index (χ2v) is 9.31. The number of benzene rings is 1. The molecule has 2 atom stereocenters. The fourth-order valence-corrected chi connectivity index (χ4v) is 4.95. The molecule has 2 aromatic rings. The van der Waals surface area contributed by atoms with Crippen molar-refractivity contribution < 1.29 is 4.79 Å². The standard InChI is InChI=1S/C24H31N3O2/c1-16(2)12-26-13-17-9-21(15-26)22-10-20(11-23(28)27(22)14-17)18-5-7-19(8-6-18)24(29)25(3)4/h5-8,10-11,16-17,21H,9,12-15H2,1-4H3/t17-,21+/m0/s1. The van der Waals surface area contributed by atoms with Crippen LogP contribution in [0.25, 0.3) is 11.1 Å². The van der Waals surface area contributed by atoms with Gasteiger partial charge in [0.15, 0.2) is 0 Å². The number of pyridine rings is 1. The highest BCUT2D eigenvalue weighted by Gasteiger charge is 2.34. The number of fused-ring (bicyclic) bond motifs is 4. The minimum absolute atomic E-state index is 0.0134. The van der Waals surface area contributed by atoms with Crippen LogP contribution in [0.1, 0.15) is 42.2 Å². The molecule has 4 rings (SSSR count). The van der Waals surface area contributed by atoms with Gasteiger partial charge >= 0.3 is 0 Å². The summed E-state index contributed by atoms with van der Waals surface area (Å²) in [6.07, 6.45) is 1.17. The van der Waals surface area contributed by atoms with E-state index in [0.29, 0.717) is 23.3 Å². The summed E-state index contributed by atoms with van der Waals surface area (Å²) in [6, 6.07) is 11.5. The molecule has 0 spiro atoms. The first kappa shape index (κ1) is 19.9. The SMILES string of the molecule is CC(C)CN1C[C@@H]2C[C@H](C1)c1cc(-c3ccc(C(=O)N(C)C)cc3)cc(=O)n1C2. The molecule has 3 heterocycles. The van der Waals surface area contributed by atoms with E-state index in [1.165, 1.54) is 12.1 Å². The molecule has 0 N–H and O–H groups in total. The normalized spacial score (nSPS) is 21.1. The smallest absolute Gasteiger partial charge is 0.253 e. The third-order valence-electron chi connectivity index (χ3n) is 6.13. The van der Waals surface area contributed by atoms with Crippen molar-refractivity contribution in [2.75, 3.05) is 33.7 Å². The molecule has 1 fully saturated rings. The molecular weight excluding hydrogens is 362 g/mol. The first-order valence-electron chi connectivity index (χ1n) is 10.6. The van der Waals surface area contributed by atoms with Gasteiger partial charge in [0.2, 0.25) is 0 Å². The van der Waals surface area contributed by atoms with E-state index in [1.54, 1.807) is 25.1 Å². The van der Waals surface area contributed by atoms with Crippen LogP contribution in [0.4, 0.5) is 0 Å². The van der Waals surface area contributed by atoms with Gasteiger partial charge in [0.1, 0.15) is 0 Å². The summed E-state index contributed by atoms with van der Waals surface area (Å²) in [4.78, 5) is 29.2. The Morgan fingerprint density at radius 3 is 2.45 bits per heavy atom. The van der Waals surface area contributed by atoms with Crippen molar-refractivity contribution in [2.24, 2.45) is 11.8 Å². The summed E-state index contributed by atoms with van der Waals surface area (Å²) in [5, 5.41) is 0. The molecule has 0 radical (unpaired) electrons. The number of carbonyl (C=O) groups excluding carboxylic acids is 1. The van der Waals surface area contributed by atoms with Gasteiger partial charge in [-0.2, -0.15) is 0 Å². The third-order valence-corrected chi connectivity index (χ3v) is 6.13. The molecular formula is C24H31N3O2. The van der Waals surface area contributed by atoms with E-state index in [4.69, 9.17) is 0 Å². The number of carbonyl (C=O) groups is 1. The molecule has 1 aromatic carbocycles. The Morgan fingerprint density at radius 2 is 1.79 bits per heavy atom. The third kappa shape index (κ3) is 4.01. The van der Waals surface area contributed by atoms with Gasteiger partial charge in [0.25, 0.3) is 11.5 Å². The number of amides is 1. The Balaban J connectivity index is 1.65. The average Bonchev–Trinajstić information content (AvgIpc) is 2.67. The highest BCUT2D eigenvalue weighted by atomic mass is 16.2. The quantitative estimate of drug-likeness (QED) is 0.801. The van der Waals surface area contributed by atoms with Crippen LogP contribution in [0.15, 0.2) is 41.2 Å². The minimum atomic E-state index is -0.0134. The van der Waals surface area contributed by atoms with Gasteiger partial charge in [-0.1, -0.05) is 26.0 Å². The lowest BCUT2D eigenvalue weighted by molar-refractivity contribution is 0.0827. The second kappa shape index (κ2) is 7.79. The highest BCUT2D eigenvalue weighted by molar-refractivity contribution is 5.94. The van der Waals surface area contributed by atoms with E-state index in [0.717, 1.165) is 37.3 Å². The predicted octanol–water partition coefficient (Wildman–Crippen LogP) is 3.29. The van der Waals surface area contributed by atoms with Crippen LogP contribution in [0.3, 0.4) is 0 Å². The van der Waals surface area contributed by atoms with Crippen molar-refractivity contribution in [1.82, 2.24) is 14.4 Å². The van der Waals surface area contributed by atoms with Crippen LogP contribution in [-0.2, 0) is 6.54 Å². The van der Waals surface area contributed by atoms with Gasteiger partial charge in [-0.3, -0.25) is 9.59 Å². The highest BCUT2D eigenvalue weighted by Crippen LogP contribution is 2.36. The molecule has 5 heteroatoms. The summed E-state index contributed by atoms with van der Waals surface area (Å²) < 4.78 is 2.00. The number of hydrogen-bond donors (Lipinski definition) is 0. The summed E-state index contributed by atoms with van der Waals surface area (Å²) in [7, 11) is 3.50. The molecule has 1 aromatic heterocycles. The Bertz CT molecular complexity index is 959. The Kier molecular flexibility index (Phi) is 5.34. The molecule has 0 aliphatic carbocycles. The van der Waals surface area contributed by atoms with Gasteiger partial charge in [-0.05, 0) is 47.6 Å². The van der Waals surface area contributed by atoms with Crippen molar-refractivity contribution >= 4 is 5.91 Å². The van der Waals surface area contributed by atoms with E-state index in [9.17, 15) is 9.59 Å². The molecule has 0 unspecified atom stereocenters. The van der Waals surface area contributed by atoms with Crippen LogP contribution >= 0.6 is 0 Å². The minimum Gasteiger partial charge on any atom is -0.345 e. The van der Waals surface area contributed by atoms with E-state index in [2.05, 4.69) is 24.8 Å². The zero-order valence-corrected chi connectivity index (χ0v) is 17.9. The van der Waals surface area contributed by atoms with Crippen molar-refractivity contribution in [1.29, 1.82) is 0 Å². The Morgan fingerprint density at radius 1 is 1.07 bits per heavy atom. The monoisotopic (exact) mass is 393 g/mol. The fourth-order valence-electron chi connectivity index (χ4n) is 4.95. The van der Waals surface area contributed by atoms with E-state index < -0.39 is 0 Å². The number of piperidine rings is 1. The van der Waals surface area contributed by atoms with Crippen LogP contribution < -0.4 is 5.56 Å². The van der Waals surface area contributed by atoms with Crippen molar-refractivity contribution in [3.05, 3.63) is 58.0 Å². The van der Waals surface area contributed by atoms with Gasteiger partial charge in [-0.25, -0.2) is 0 Å². The van der Waals surface area contributed by atoms with Crippen LogP contribution in [0.5, 0.6) is 0 Å². The first-order chi connectivity index (χ1) is 13.8. The molecule has 2 aliphatic heterocycles. The largest absolute Gasteiger partial charge is 0.345 e. The van der Waals surface area contributed by atoms with Gasteiger partial charge < -0.3 is 14.4 Å². The predicted molar refractivity (Wildman–Crippen MR) is 116 cm³/mol. The number of nitrogens with zero attached hydrogens (tertiary/aromatic N) is 3. The van der Waals surface area contributed by atoms with Crippen LogP contribution in [0, 0.1) is 11.8 Å². The van der Waals surface area contributed by atoms with Crippen molar-refractivity contribution in [3.63, 3.8) is 0 Å². The molecule has 29 heavy (non-hydrogen) atoms. The number of rotatable bonds is 4. The lowest BCUT2D eigenvalue weighted by Gasteiger charge is -2.43. The maximum Gasteiger partial charge on any atom is 0.253 e. The molecule has 0 saturated carbocycles. The molecule has 2 bridgehead atoms. The number of aromatic nitrogens is 1. The molecule has 1 amide bonds. The lowest BCUT2D eigenvalue weighted by atomic mass is 9.82. The Hall–Kier alpha value is -2.40. The topological polar surface area (TPSA) is 45.6 Å². The fraction of sp³-hybridized carbons (Fsp3) is 0.500. The number of likely N-dealkylation sites (tertiary alicyclic amines) is 1. The van der Waals surface area contributed by atoms with Gasteiger partial charge in [-0.15, -0.1) is 0 Å². The Labute approximate surface area is 172 Å². The van der Waals surface area contributed by atoms with Gasteiger partial charge in [0, 0.05) is 63.5 Å². The van der Waals surface area contributed by atoms with E-state index in [1.807, 2.05) is 28.8 Å². The summed E-state index contributed by atoms with van der Waals surface area (Å²) >= 11 is 0. The molecule has 1 saturated heterocycles. The molecule has 5 nitrogen and oxygen atoms in total. The molecule has 2 aliphatic rings. The maximum absolute atomic E-state index is 12.9. The average molecular weight is 394 g/mol.